The molecule has 0 aromatic carbocycles. The highest BCUT2D eigenvalue weighted by atomic mass is 16.2. The summed E-state index contributed by atoms with van der Waals surface area (Å²) in [5, 5.41) is 8.25. The van der Waals surface area contributed by atoms with Gasteiger partial charge >= 0.3 is 6.03 Å². The fourth-order valence-corrected chi connectivity index (χ4v) is 0.402. The van der Waals surface area contributed by atoms with E-state index in [2.05, 4.69) is 0 Å². The standard InChI is InChI=1S/C6H9N3O2/c1-5(10)9(3)6(11)8(2)4-7/h1-3H3. The van der Waals surface area contributed by atoms with Crippen LogP contribution in [0.15, 0.2) is 0 Å². The van der Waals surface area contributed by atoms with Gasteiger partial charge < -0.3 is 0 Å². The molecule has 0 aliphatic heterocycles. The van der Waals surface area contributed by atoms with E-state index in [0.717, 1.165) is 9.80 Å². The van der Waals surface area contributed by atoms with Crippen molar-refractivity contribution < 1.29 is 9.59 Å². The molecule has 0 spiro atoms. The van der Waals surface area contributed by atoms with Gasteiger partial charge in [-0.2, -0.15) is 5.26 Å². The zero-order chi connectivity index (χ0) is 9.02. The zero-order valence-corrected chi connectivity index (χ0v) is 6.66. The average molecular weight is 155 g/mol. The Bertz CT molecular complexity index is 218. The summed E-state index contributed by atoms with van der Waals surface area (Å²) in [6.45, 7) is 1.25. The maximum absolute atomic E-state index is 10.9. The van der Waals surface area contributed by atoms with Crippen molar-refractivity contribution >= 4 is 11.9 Å². The summed E-state index contributed by atoms with van der Waals surface area (Å²) in [6.07, 6.45) is 1.59. The third-order valence-electron chi connectivity index (χ3n) is 1.20. The van der Waals surface area contributed by atoms with Gasteiger partial charge in [-0.15, -0.1) is 0 Å². The summed E-state index contributed by atoms with van der Waals surface area (Å²) in [5.41, 5.74) is 0. The smallest absolute Gasteiger partial charge is 0.275 e. The molecule has 0 radical (unpaired) electrons. The summed E-state index contributed by atoms with van der Waals surface area (Å²) in [6, 6.07) is -0.625. The minimum absolute atomic E-state index is 0.392. The van der Waals surface area contributed by atoms with Crippen LogP contribution in [0.4, 0.5) is 4.79 Å². The highest BCUT2D eigenvalue weighted by Gasteiger charge is 2.16. The van der Waals surface area contributed by atoms with Crippen LogP contribution >= 0.6 is 0 Å². The summed E-state index contributed by atoms with van der Waals surface area (Å²) in [4.78, 5) is 23.1. The van der Waals surface area contributed by atoms with Gasteiger partial charge in [0.05, 0.1) is 0 Å². The monoisotopic (exact) mass is 155 g/mol. The molecular formula is C6H9N3O2. The third kappa shape index (κ3) is 2.26. The summed E-state index contributed by atoms with van der Waals surface area (Å²) < 4.78 is 0. The Kier molecular flexibility index (Phi) is 3.05. The number of nitriles is 1. The summed E-state index contributed by atoms with van der Waals surface area (Å²) in [7, 11) is 2.61. The molecule has 0 aliphatic rings. The second kappa shape index (κ2) is 3.56. The Morgan fingerprint density at radius 2 is 1.82 bits per heavy atom. The molecule has 5 heteroatoms. The molecule has 0 aromatic rings. The predicted octanol–water partition coefficient (Wildman–Crippen LogP) is -0.00242. The highest BCUT2D eigenvalue weighted by molar-refractivity contribution is 5.93. The molecule has 0 fully saturated rings. The lowest BCUT2D eigenvalue weighted by molar-refractivity contribution is -0.125. The van der Waals surface area contributed by atoms with Crippen LogP contribution in [0.25, 0.3) is 0 Å². The fourth-order valence-electron chi connectivity index (χ4n) is 0.402. The maximum Gasteiger partial charge on any atom is 0.339 e. The van der Waals surface area contributed by atoms with Crippen molar-refractivity contribution in [3.05, 3.63) is 0 Å². The van der Waals surface area contributed by atoms with Crippen LogP contribution in [-0.2, 0) is 4.79 Å². The second-order valence-electron chi connectivity index (χ2n) is 2.02. The number of nitrogens with zero attached hydrogens (tertiary/aromatic N) is 3. The number of carbonyl (C=O) groups excluding carboxylic acids is 2. The molecule has 60 valence electrons. The van der Waals surface area contributed by atoms with Crippen LogP contribution < -0.4 is 0 Å². The van der Waals surface area contributed by atoms with Gasteiger partial charge in [0.2, 0.25) is 5.91 Å². The Labute approximate surface area is 64.8 Å². The molecule has 0 N–H and O–H groups in total. The Morgan fingerprint density at radius 3 is 2.09 bits per heavy atom. The molecule has 0 bridgehead atoms. The van der Waals surface area contributed by atoms with Crippen molar-refractivity contribution in [1.82, 2.24) is 9.80 Å². The first kappa shape index (κ1) is 9.43. The molecule has 0 saturated carbocycles. The Balaban J connectivity index is 4.28. The van der Waals surface area contributed by atoms with E-state index in [1.54, 1.807) is 6.19 Å². The van der Waals surface area contributed by atoms with Crippen LogP contribution in [0.5, 0.6) is 0 Å². The lowest BCUT2D eigenvalue weighted by Gasteiger charge is -2.15. The number of imide groups is 1. The van der Waals surface area contributed by atoms with E-state index in [4.69, 9.17) is 5.26 Å². The largest absolute Gasteiger partial charge is 0.339 e. The Hall–Kier alpha value is -1.57. The number of carbonyl (C=O) groups is 2. The molecule has 0 atom stereocenters. The topological polar surface area (TPSA) is 64.4 Å². The van der Waals surface area contributed by atoms with E-state index < -0.39 is 11.9 Å². The van der Waals surface area contributed by atoms with E-state index in [9.17, 15) is 9.59 Å². The van der Waals surface area contributed by atoms with E-state index in [1.807, 2.05) is 0 Å². The van der Waals surface area contributed by atoms with Crippen LogP contribution in [0.1, 0.15) is 6.92 Å². The quantitative estimate of drug-likeness (QED) is 0.365. The molecule has 0 heterocycles. The number of rotatable bonds is 0. The lowest BCUT2D eigenvalue weighted by atomic mass is 10.6. The zero-order valence-electron chi connectivity index (χ0n) is 6.66. The van der Waals surface area contributed by atoms with Crippen LogP contribution in [-0.4, -0.2) is 35.8 Å². The lowest BCUT2D eigenvalue weighted by Crippen LogP contribution is -2.38. The molecule has 11 heavy (non-hydrogen) atoms. The second-order valence-corrected chi connectivity index (χ2v) is 2.02. The molecule has 0 rings (SSSR count). The first-order chi connectivity index (χ1) is 5.00. The van der Waals surface area contributed by atoms with E-state index >= 15 is 0 Å². The van der Waals surface area contributed by atoms with Gasteiger partial charge in [-0.25, -0.2) is 9.69 Å². The predicted molar refractivity (Wildman–Crippen MR) is 37.2 cm³/mol. The molecule has 0 saturated heterocycles. The highest BCUT2D eigenvalue weighted by Crippen LogP contribution is 1.91. The van der Waals surface area contributed by atoms with Crippen molar-refractivity contribution in [3.63, 3.8) is 0 Å². The van der Waals surface area contributed by atoms with Crippen molar-refractivity contribution in [3.8, 4) is 6.19 Å². The normalized spacial score (nSPS) is 8.18. The fraction of sp³-hybridized carbons (Fsp3) is 0.500. The van der Waals surface area contributed by atoms with Gasteiger partial charge in [0.15, 0.2) is 6.19 Å². The number of amides is 3. The number of hydrogen-bond acceptors (Lipinski definition) is 3. The van der Waals surface area contributed by atoms with Gasteiger partial charge in [0, 0.05) is 21.0 Å². The molecule has 0 unspecified atom stereocenters. The van der Waals surface area contributed by atoms with Crippen molar-refractivity contribution in [2.24, 2.45) is 0 Å². The van der Waals surface area contributed by atoms with Crippen molar-refractivity contribution in [2.75, 3.05) is 14.1 Å². The molecule has 0 aromatic heterocycles. The van der Waals surface area contributed by atoms with Crippen molar-refractivity contribution in [2.45, 2.75) is 6.92 Å². The Morgan fingerprint density at radius 1 is 1.36 bits per heavy atom. The number of urea groups is 1. The van der Waals surface area contributed by atoms with E-state index in [0.29, 0.717) is 0 Å². The molecule has 3 amide bonds. The first-order valence-corrected chi connectivity index (χ1v) is 2.92. The van der Waals surface area contributed by atoms with Gasteiger partial charge in [-0.3, -0.25) is 9.69 Å². The van der Waals surface area contributed by atoms with Crippen molar-refractivity contribution in [1.29, 1.82) is 5.26 Å². The van der Waals surface area contributed by atoms with E-state index in [-0.39, 0.29) is 0 Å². The molecule has 5 nitrogen and oxygen atoms in total. The average Bonchev–Trinajstić information content (AvgIpc) is 2.00. The van der Waals surface area contributed by atoms with Gasteiger partial charge in [0.1, 0.15) is 0 Å². The summed E-state index contributed by atoms with van der Waals surface area (Å²) >= 11 is 0. The van der Waals surface area contributed by atoms with Gasteiger partial charge in [0.25, 0.3) is 0 Å². The summed E-state index contributed by atoms with van der Waals surface area (Å²) in [5.74, 6) is -0.392. The minimum Gasteiger partial charge on any atom is -0.275 e. The van der Waals surface area contributed by atoms with Gasteiger partial charge in [-0.05, 0) is 0 Å². The van der Waals surface area contributed by atoms with Crippen LogP contribution in [0.2, 0.25) is 0 Å². The minimum atomic E-state index is -0.625. The molecule has 0 aliphatic carbocycles. The van der Waals surface area contributed by atoms with E-state index in [1.165, 1.54) is 21.0 Å². The van der Waals surface area contributed by atoms with Gasteiger partial charge in [-0.1, -0.05) is 0 Å². The molecular weight excluding hydrogens is 146 g/mol. The maximum atomic E-state index is 10.9. The van der Waals surface area contributed by atoms with Crippen LogP contribution in [0, 0.1) is 11.5 Å². The first-order valence-electron chi connectivity index (χ1n) is 2.92. The third-order valence-corrected chi connectivity index (χ3v) is 1.20. The SMILES string of the molecule is CC(=O)N(C)C(=O)N(C)C#N. The van der Waals surface area contributed by atoms with Crippen LogP contribution in [0.3, 0.4) is 0 Å². The number of hydrogen-bond donors (Lipinski definition) is 0.